The van der Waals surface area contributed by atoms with Crippen molar-refractivity contribution in [2.24, 2.45) is 0 Å². The van der Waals surface area contributed by atoms with E-state index in [1.165, 1.54) is 50.1 Å². The zero-order valence-corrected chi connectivity index (χ0v) is 24.9. The van der Waals surface area contributed by atoms with Crippen molar-refractivity contribution in [3.8, 4) is 0 Å². The van der Waals surface area contributed by atoms with Gasteiger partial charge in [-0.15, -0.1) is 0 Å². The van der Waals surface area contributed by atoms with Gasteiger partial charge in [0.1, 0.15) is 13.6 Å². The van der Waals surface area contributed by atoms with Gasteiger partial charge in [-0.2, -0.15) is 0 Å². The monoisotopic (exact) mass is 642 g/mol. The van der Waals surface area contributed by atoms with Gasteiger partial charge < -0.3 is 9.59 Å². The molecule has 204 valence electrons. The van der Waals surface area contributed by atoms with Gasteiger partial charge in [-0.25, -0.2) is 0 Å². The van der Waals surface area contributed by atoms with Crippen molar-refractivity contribution in [3.63, 3.8) is 0 Å². The predicted octanol–water partition coefficient (Wildman–Crippen LogP) is 8.98. The Bertz CT molecular complexity index is 1500. The van der Waals surface area contributed by atoms with Crippen LogP contribution >= 0.6 is 9.69 Å². The summed E-state index contributed by atoms with van der Waals surface area (Å²) < 4.78 is -0.464. The topological polar surface area (TPSA) is 34.1 Å². The number of rotatable bonds is 6. The molecule has 0 aliphatic heterocycles. The fraction of sp³-hybridized carbons (Fsp3) is 0.0270. The van der Waals surface area contributed by atoms with Gasteiger partial charge in [0.15, 0.2) is 0 Å². The van der Waals surface area contributed by atoms with Crippen molar-refractivity contribution in [3.05, 3.63) is 179 Å². The zero-order chi connectivity index (χ0) is 29.1. The standard InChI is InChI=1S/C35H25.2CH2O.ClH.Ru/c1-6-16-26(17-7-1)31-32(27-18-8-2-9-19-27)34(29-22-12-4-13-23-29)35(30-24-14-5-15-25-30)33(31)28-20-10-3-11-21-28;2*1-2;;/h1-25H;2*1H2;1H;/q;;;;+1/p-1. The first-order valence-corrected chi connectivity index (χ1v) is 16.0. The summed E-state index contributed by atoms with van der Waals surface area (Å²) in [7, 11) is 7.32. The van der Waals surface area contributed by atoms with Crippen LogP contribution in [-0.2, 0) is 29.7 Å². The number of halogens is 1. The summed E-state index contributed by atoms with van der Waals surface area (Å²) in [6.07, 6.45) is 0. The quantitative estimate of drug-likeness (QED) is 0.174. The van der Waals surface area contributed by atoms with E-state index in [9.17, 15) is 0 Å². The van der Waals surface area contributed by atoms with E-state index in [0.717, 1.165) is 0 Å². The van der Waals surface area contributed by atoms with E-state index in [2.05, 4.69) is 152 Å². The molecule has 0 fully saturated rings. The number of hydrogen-bond donors (Lipinski definition) is 0. The first-order chi connectivity index (χ1) is 20.3. The molecule has 0 aromatic heterocycles. The van der Waals surface area contributed by atoms with Crippen LogP contribution in [0.15, 0.2) is 152 Å². The molecule has 1 aliphatic rings. The normalized spacial score (nSPS) is 13.6. The van der Waals surface area contributed by atoms with Crippen molar-refractivity contribution in [1.82, 2.24) is 0 Å². The molecule has 0 heterocycles. The molecule has 0 amide bonds. The van der Waals surface area contributed by atoms with Crippen LogP contribution in [0.3, 0.4) is 0 Å². The van der Waals surface area contributed by atoms with Gasteiger partial charge in [0.05, 0.1) is 0 Å². The summed E-state index contributed by atoms with van der Waals surface area (Å²) in [5.41, 5.74) is 11.2. The predicted molar refractivity (Wildman–Crippen MR) is 168 cm³/mol. The van der Waals surface area contributed by atoms with Crippen molar-refractivity contribution in [1.29, 1.82) is 0 Å². The minimum absolute atomic E-state index is 0.464. The summed E-state index contributed by atoms with van der Waals surface area (Å²) in [6.45, 7) is 4.00. The van der Waals surface area contributed by atoms with Crippen LogP contribution in [-0.4, -0.2) is 13.6 Å². The van der Waals surface area contributed by atoms with Crippen LogP contribution in [0, 0.1) is 0 Å². The number of carbonyl (C=O) groups excluding carboxylic acids is 2. The molecule has 0 unspecified atom stereocenters. The molecule has 0 atom stereocenters. The van der Waals surface area contributed by atoms with E-state index in [-0.39, 0.29) is 0 Å². The zero-order valence-electron chi connectivity index (χ0n) is 22.4. The van der Waals surface area contributed by atoms with Gasteiger partial charge in [-0.05, 0) is 0 Å². The Balaban J connectivity index is 0.000000929. The first kappa shape index (κ1) is 29.8. The van der Waals surface area contributed by atoms with Crippen LogP contribution in [0.1, 0.15) is 27.8 Å². The Labute approximate surface area is 253 Å². The molecule has 5 aromatic carbocycles. The third kappa shape index (κ3) is 5.70. The third-order valence-corrected chi connectivity index (χ3v) is 9.99. The second-order valence-corrected chi connectivity index (χ2v) is 11.5. The summed E-state index contributed by atoms with van der Waals surface area (Å²) in [5.74, 6) is 0. The molecule has 0 N–H and O–H groups in total. The average Bonchev–Trinajstić information content (AvgIpc) is 3.41. The van der Waals surface area contributed by atoms with Crippen LogP contribution in [0.2, 0.25) is 0 Å². The SMILES string of the molecule is C=O.C=O.[Cl][Ru][C]1(c2ccccc2)C(c2ccccc2)=C(c2ccccc2)C(c2ccccc2)=C1c1ccccc1. The molecule has 0 radical (unpaired) electrons. The Morgan fingerprint density at radius 1 is 0.415 bits per heavy atom. The van der Waals surface area contributed by atoms with Gasteiger partial charge in [0.2, 0.25) is 0 Å². The van der Waals surface area contributed by atoms with Gasteiger partial charge in [-0.1, -0.05) is 0 Å². The maximum atomic E-state index is 8.00. The average molecular weight is 642 g/mol. The molecular formula is C37H29ClO2Ru. The van der Waals surface area contributed by atoms with E-state index in [1.54, 1.807) is 0 Å². The van der Waals surface area contributed by atoms with Gasteiger partial charge >= 0.3 is 232 Å². The molecule has 41 heavy (non-hydrogen) atoms. The van der Waals surface area contributed by atoms with Gasteiger partial charge in [0, 0.05) is 0 Å². The molecule has 5 aromatic rings. The molecule has 6 rings (SSSR count). The second-order valence-electron chi connectivity index (χ2n) is 9.04. The van der Waals surface area contributed by atoms with Crippen molar-refractivity contribution in [2.75, 3.05) is 0 Å². The van der Waals surface area contributed by atoms with Crippen LogP contribution in [0.25, 0.3) is 22.3 Å². The molecule has 0 spiro atoms. The van der Waals surface area contributed by atoms with E-state index >= 15 is 0 Å². The molecule has 4 heteroatoms. The minimum atomic E-state index is -0.641. The number of benzene rings is 5. The number of carbonyl (C=O) groups is 2. The van der Waals surface area contributed by atoms with E-state index in [4.69, 9.17) is 19.3 Å². The fourth-order valence-electron chi connectivity index (χ4n) is 5.45. The molecular weight excluding hydrogens is 613 g/mol. The Morgan fingerprint density at radius 2 is 0.683 bits per heavy atom. The summed E-state index contributed by atoms with van der Waals surface area (Å²) in [6, 6.07) is 54.1. The number of hydrogen-bond acceptors (Lipinski definition) is 2. The van der Waals surface area contributed by atoms with Gasteiger partial charge in [-0.3, -0.25) is 0 Å². The first-order valence-electron chi connectivity index (χ1n) is 12.9. The summed E-state index contributed by atoms with van der Waals surface area (Å²) in [4.78, 5) is 16.0. The van der Waals surface area contributed by atoms with Crippen molar-refractivity contribution >= 4 is 45.6 Å². The van der Waals surface area contributed by atoms with Crippen molar-refractivity contribution < 1.29 is 25.7 Å². The van der Waals surface area contributed by atoms with Gasteiger partial charge in [0.25, 0.3) is 0 Å². The Hall–Kier alpha value is -4.17. The molecule has 0 bridgehead atoms. The third-order valence-electron chi connectivity index (χ3n) is 6.94. The Morgan fingerprint density at radius 3 is 0.976 bits per heavy atom. The fourth-order valence-corrected chi connectivity index (χ4v) is 8.44. The van der Waals surface area contributed by atoms with Crippen LogP contribution in [0.5, 0.6) is 0 Å². The summed E-state index contributed by atoms with van der Waals surface area (Å²) >= 11 is -0.641. The second kappa shape index (κ2) is 14.5. The summed E-state index contributed by atoms with van der Waals surface area (Å²) in [5, 5.41) is 0. The van der Waals surface area contributed by atoms with E-state index < -0.39 is 20.1 Å². The molecule has 1 aliphatic carbocycles. The van der Waals surface area contributed by atoms with E-state index in [1.807, 2.05) is 13.6 Å². The number of allylic oxidation sites excluding steroid dienone is 4. The molecule has 0 saturated carbocycles. The maximum absolute atomic E-state index is 8.00. The van der Waals surface area contributed by atoms with Crippen molar-refractivity contribution in [2.45, 2.75) is 4.01 Å². The Kier molecular flexibility index (Phi) is 10.5. The van der Waals surface area contributed by atoms with Crippen LogP contribution in [0.4, 0.5) is 0 Å². The molecule has 0 saturated heterocycles. The van der Waals surface area contributed by atoms with Crippen LogP contribution < -0.4 is 0 Å². The van der Waals surface area contributed by atoms with E-state index in [0.29, 0.717) is 0 Å². The molecule has 2 nitrogen and oxygen atoms in total.